The lowest BCUT2D eigenvalue weighted by Crippen LogP contribution is -2.00. The molecule has 0 amide bonds. The highest BCUT2D eigenvalue weighted by Crippen LogP contribution is 2.26. The first-order chi connectivity index (χ1) is 6.06. The van der Waals surface area contributed by atoms with Crippen LogP contribution in [0, 0.1) is 17.0 Å². The molecule has 13 heavy (non-hydrogen) atoms. The van der Waals surface area contributed by atoms with Crippen LogP contribution in [0.2, 0.25) is 0 Å². The number of rotatable bonds is 2. The summed E-state index contributed by atoms with van der Waals surface area (Å²) in [5, 5.41) is 10.5. The van der Waals surface area contributed by atoms with Crippen LogP contribution in [0.4, 0.5) is 5.69 Å². The number of benzene rings is 1. The molecule has 0 radical (unpaired) electrons. The molecule has 0 atom stereocenters. The van der Waals surface area contributed by atoms with E-state index in [1.54, 1.807) is 13.0 Å². The fourth-order valence-corrected chi connectivity index (χ4v) is 1.58. The molecule has 0 heterocycles. The van der Waals surface area contributed by atoms with Gasteiger partial charge in [0.25, 0.3) is 5.69 Å². The number of halogens is 1. The number of hydrogen-bond acceptors (Lipinski definition) is 3. The summed E-state index contributed by atoms with van der Waals surface area (Å²) in [4.78, 5) is 10.1. The second-order valence-corrected chi connectivity index (χ2v) is 3.55. The standard InChI is InChI=1S/C8H9BrN2O2/c1-5-2-6(4-10)7(9)3-8(5)11(12)13/h2-3H,4,10H2,1H3. The molecule has 0 saturated carbocycles. The first-order valence-corrected chi connectivity index (χ1v) is 4.49. The van der Waals surface area contributed by atoms with Crippen molar-refractivity contribution < 1.29 is 4.92 Å². The van der Waals surface area contributed by atoms with Crippen molar-refractivity contribution in [3.8, 4) is 0 Å². The maximum Gasteiger partial charge on any atom is 0.273 e. The monoisotopic (exact) mass is 244 g/mol. The summed E-state index contributed by atoms with van der Waals surface area (Å²) in [5.41, 5.74) is 7.07. The average Bonchev–Trinajstić information content (AvgIpc) is 2.07. The molecule has 1 aromatic carbocycles. The Balaban J connectivity index is 3.28. The minimum absolute atomic E-state index is 0.115. The zero-order valence-corrected chi connectivity index (χ0v) is 8.67. The Hall–Kier alpha value is -0.940. The van der Waals surface area contributed by atoms with E-state index in [4.69, 9.17) is 5.73 Å². The van der Waals surface area contributed by atoms with Gasteiger partial charge in [-0.25, -0.2) is 0 Å². The van der Waals surface area contributed by atoms with Gasteiger partial charge in [-0.1, -0.05) is 15.9 Å². The number of nitro benzene ring substituents is 1. The maximum absolute atomic E-state index is 10.5. The molecule has 5 heteroatoms. The van der Waals surface area contributed by atoms with E-state index in [9.17, 15) is 10.1 Å². The van der Waals surface area contributed by atoms with E-state index in [1.807, 2.05) is 0 Å². The van der Waals surface area contributed by atoms with Gasteiger partial charge in [0.2, 0.25) is 0 Å². The minimum atomic E-state index is -0.402. The van der Waals surface area contributed by atoms with Crippen LogP contribution in [0.1, 0.15) is 11.1 Å². The number of nitrogens with zero attached hydrogens (tertiary/aromatic N) is 1. The van der Waals surface area contributed by atoms with Crippen LogP contribution >= 0.6 is 15.9 Å². The van der Waals surface area contributed by atoms with Gasteiger partial charge in [0, 0.05) is 22.6 Å². The van der Waals surface area contributed by atoms with Crippen molar-refractivity contribution in [2.75, 3.05) is 0 Å². The predicted molar refractivity (Wildman–Crippen MR) is 53.4 cm³/mol. The zero-order valence-electron chi connectivity index (χ0n) is 7.08. The molecular weight excluding hydrogens is 236 g/mol. The first-order valence-electron chi connectivity index (χ1n) is 3.69. The highest BCUT2D eigenvalue weighted by Gasteiger charge is 2.12. The highest BCUT2D eigenvalue weighted by molar-refractivity contribution is 9.10. The Morgan fingerprint density at radius 2 is 2.23 bits per heavy atom. The van der Waals surface area contributed by atoms with Gasteiger partial charge in [0.1, 0.15) is 0 Å². The van der Waals surface area contributed by atoms with Crippen molar-refractivity contribution in [1.29, 1.82) is 0 Å². The van der Waals surface area contributed by atoms with Crippen LogP contribution in [0.15, 0.2) is 16.6 Å². The molecule has 0 spiro atoms. The Bertz CT molecular complexity index is 352. The summed E-state index contributed by atoms with van der Waals surface area (Å²) in [7, 11) is 0. The van der Waals surface area contributed by atoms with Crippen molar-refractivity contribution in [2.24, 2.45) is 5.73 Å². The minimum Gasteiger partial charge on any atom is -0.326 e. The third kappa shape index (κ3) is 2.05. The Morgan fingerprint density at radius 3 is 2.69 bits per heavy atom. The van der Waals surface area contributed by atoms with Crippen LogP contribution in [0.5, 0.6) is 0 Å². The lowest BCUT2D eigenvalue weighted by Gasteiger charge is -2.03. The number of nitrogens with two attached hydrogens (primary N) is 1. The zero-order chi connectivity index (χ0) is 10.0. The van der Waals surface area contributed by atoms with Gasteiger partial charge < -0.3 is 5.73 Å². The van der Waals surface area contributed by atoms with E-state index in [0.717, 1.165) is 5.56 Å². The maximum atomic E-state index is 10.5. The Labute approximate surface area is 84.0 Å². The Kier molecular flexibility index (Phi) is 3.00. The van der Waals surface area contributed by atoms with E-state index >= 15 is 0 Å². The molecule has 0 aliphatic rings. The molecule has 4 nitrogen and oxygen atoms in total. The molecule has 0 aromatic heterocycles. The normalized spacial score (nSPS) is 10.1. The molecule has 0 aliphatic carbocycles. The van der Waals surface area contributed by atoms with Crippen molar-refractivity contribution in [1.82, 2.24) is 0 Å². The summed E-state index contributed by atoms with van der Waals surface area (Å²) in [6.45, 7) is 2.07. The Morgan fingerprint density at radius 1 is 1.62 bits per heavy atom. The molecular formula is C8H9BrN2O2. The van der Waals surface area contributed by atoms with Gasteiger partial charge in [-0.15, -0.1) is 0 Å². The molecule has 0 aliphatic heterocycles. The van der Waals surface area contributed by atoms with Gasteiger partial charge in [-0.05, 0) is 18.6 Å². The van der Waals surface area contributed by atoms with Gasteiger partial charge in [0.15, 0.2) is 0 Å². The van der Waals surface area contributed by atoms with Crippen LogP contribution in [-0.2, 0) is 6.54 Å². The summed E-state index contributed by atoms with van der Waals surface area (Å²) in [6.07, 6.45) is 0. The molecule has 0 bridgehead atoms. The van der Waals surface area contributed by atoms with E-state index in [-0.39, 0.29) is 5.69 Å². The molecule has 0 fully saturated rings. The summed E-state index contributed by atoms with van der Waals surface area (Å²) >= 11 is 3.23. The van der Waals surface area contributed by atoms with Crippen LogP contribution in [0.3, 0.4) is 0 Å². The number of hydrogen-bond donors (Lipinski definition) is 1. The lowest BCUT2D eigenvalue weighted by atomic mass is 10.1. The average molecular weight is 245 g/mol. The van der Waals surface area contributed by atoms with Gasteiger partial charge >= 0.3 is 0 Å². The van der Waals surface area contributed by atoms with Crippen LogP contribution in [-0.4, -0.2) is 4.92 Å². The van der Waals surface area contributed by atoms with Crippen LogP contribution in [0.25, 0.3) is 0 Å². The van der Waals surface area contributed by atoms with Crippen LogP contribution < -0.4 is 5.73 Å². The number of aryl methyl sites for hydroxylation is 1. The highest BCUT2D eigenvalue weighted by atomic mass is 79.9. The smallest absolute Gasteiger partial charge is 0.273 e. The number of nitro groups is 1. The summed E-state index contributed by atoms with van der Waals surface area (Å²) < 4.78 is 0.687. The molecule has 1 aromatic rings. The predicted octanol–water partition coefficient (Wildman–Crippen LogP) is 2.12. The topological polar surface area (TPSA) is 69.2 Å². The molecule has 70 valence electrons. The molecule has 1 rings (SSSR count). The molecule has 2 N–H and O–H groups in total. The fraction of sp³-hybridized carbons (Fsp3) is 0.250. The molecule has 0 unspecified atom stereocenters. The van der Waals surface area contributed by atoms with E-state index in [0.29, 0.717) is 16.6 Å². The quantitative estimate of drug-likeness (QED) is 0.640. The van der Waals surface area contributed by atoms with Crippen molar-refractivity contribution >= 4 is 21.6 Å². The van der Waals surface area contributed by atoms with Gasteiger partial charge in [-0.3, -0.25) is 10.1 Å². The fourth-order valence-electron chi connectivity index (χ4n) is 1.08. The van der Waals surface area contributed by atoms with E-state index in [1.165, 1.54) is 6.07 Å². The van der Waals surface area contributed by atoms with Crippen molar-refractivity contribution in [3.05, 3.63) is 37.8 Å². The molecule has 0 saturated heterocycles. The second kappa shape index (κ2) is 3.85. The first kappa shape index (κ1) is 10.1. The van der Waals surface area contributed by atoms with E-state index in [2.05, 4.69) is 15.9 Å². The van der Waals surface area contributed by atoms with Gasteiger partial charge in [-0.2, -0.15) is 0 Å². The van der Waals surface area contributed by atoms with Crippen molar-refractivity contribution in [3.63, 3.8) is 0 Å². The largest absolute Gasteiger partial charge is 0.326 e. The SMILES string of the molecule is Cc1cc(CN)c(Br)cc1[N+](=O)[O-]. The lowest BCUT2D eigenvalue weighted by molar-refractivity contribution is -0.385. The van der Waals surface area contributed by atoms with Crippen molar-refractivity contribution in [2.45, 2.75) is 13.5 Å². The summed E-state index contributed by atoms with van der Waals surface area (Å²) in [5.74, 6) is 0. The van der Waals surface area contributed by atoms with E-state index < -0.39 is 4.92 Å². The third-order valence-corrected chi connectivity index (χ3v) is 2.52. The summed E-state index contributed by atoms with van der Waals surface area (Å²) in [6, 6.07) is 3.21. The van der Waals surface area contributed by atoms with Gasteiger partial charge in [0.05, 0.1) is 4.92 Å². The third-order valence-electron chi connectivity index (χ3n) is 1.78. The second-order valence-electron chi connectivity index (χ2n) is 2.69.